The molecule has 5 heteroatoms. The third-order valence-corrected chi connectivity index (χ3v) is 3.60. The number of carbonyl (C=O) groups is 1. The fraction of sp³-hybridized carbons (Fsp3) is 0.615. The van der Waals surface area contributed by atoms with Crippen molar-refractivity contribution in [3.8, 4) is 0 Å². The Morgan fingerprint density at radius 1 is 1.28 bits per heavy atom. The molecule has 1 aromatic rings. The van der Waals surface area contributed by atoms with Crippen LogP contribution < -0.4 is 0 Å². The Bertz CT molecular complexity index is 387. The molecule has 100 valence electrons. The van der Waals surface area contributed by atoms with E-state index in [-0.39, 0.29) is 31.0 Å². The lowest BCUT2D eigenvalue weighted by atomic mass is 9.79. The Hall–Kier alpha value is -1.26. The first kappa shape index (κ1) is 13.2. The Morgan fingerprint density at radius 2 is 1.94 bits per heavy atom. The Labute approximate surface area is 103 Å². The summed E-state index contributed by atoms with van der Waals surface area (Å²) in [5.74, 6) is -1.43. The second kappa shape index (κ2) is 5.16. The molecule has 2 nitrogen and oxygen atoms in total. The van der Waals surface area contributed by atoms with Gasteiger partial charge in [-0.1, -0.05) is 0 Å². The largest absolute Gasteiger partial charge is 0.472 e. The predicted molar refractivity (Wildman–Crippen MR) is 58.9 cm³/mol. The summed E-state index contributed by atoms with van der Waals surface area (Å²) in [6, 6.07) is 1.71. The number of ketones is 1. The summed E-state index contributed by atoms with van der Waals surface area (Å²) in [5, 5.41) is 0. The van der Waals surface area contributed by atoms with E-state index in [1.165, 1.54) is 12.5 Å². The van der Waals surface area contributed by atoms with E-state index in [1.807, 2.05) is 0 Å². The van der Waals surface area contributed by atoms with Crippen LogP contribution in [0.3, 0.4) is 0 Å². The van der Waals surface area contributed by atoms with E-state index in [9.17, 15) is 18.0 Å². The van der Waals surface area contributed by atoms with Gasteiger partial charge in [0.15, 0.2) is 0 Å². The summed E-state index contributed by atoms with van der Waals surface area (Å²) in [6.07, 6.45) is -0.0167. The van der Waals surface area contributed by atoms with Gasteiger partial charge in [0, 0.05) is 12.3 Å². The van der Waals surface area contributed by atoms with E-state index in [0.29, 0.717) is 12.8 Å². The van der Waals surface area contributed by atoms with Crippen LogP contribution in [0.4, 0.5) is 13.2 Å². The van der Waals surface area contributed by atoms with Crippen LogP contribution in [0.25, 0.3) is 0 Å². The molecule has 0 aromatic carbocycles. The van der Waals surface area contributed by atoms with E-state index in [2.05, 4.69) is 0 Å². The van der Waals surface area contributed by atoms with Crippen molar-refractivity contribution in [1.29, 1.82) is 0 Å². The zero-order chi connectivity index (χ0) is 13.2. The molecule has 1 saturated carbocycles. The Kier molecular flexibility index (Phi) is 3.78. The molecule has 0 aliphatic heterocycles. The molecule has 0 bridgehead atoms. The minimum Gasteiger partial charge on any atom is -0.472 e. The molecule has 18 heavy (non-hydrogen) atoms. The summed E-state index contributed by atoms with van der Waals surface area (Å²) in [5.41, 5.74) is 0.790. The van der Waals surface area contributed by atoms with Crippen LogP contribution in [0, 0.1) is 11.8 Å². The monoisotopic (exact) mass is 260 g/mol. The highest BCUT2D eigenvalue weighted by Gasteiger charge is 2.42. The summed E-state index contributed by atoms with van der Waals surface area (Å²) in [4.78, 5) is 11.9. The van der Waals surface area contributed by atoms with Crippen LogP contribution in [-0.4, -0.2) is 12.0 Å². The van der Waals surface area contributed by atoms with E-state index in [4.69, 9.17) is 4.42 Å². The van der Waals surface area contributed by atoms with Gasteiger partial charge in [0.25, 0.3) is 0 Å². The average molecular weight is 260 g/mol. The number of rotatable bonds is 3. The molecule has 1 aromatic heterocycles. The topological polar surface area (TPSA) is 30.2 Å². The van der Waals surface area contributed by atoms with Crippen molar-refractivity contribution in [2.75, 3.05) is 0 Å². The van der Waals surface area contributed by atoms with Gasteiger partial charge >= 0.3 is 6.18 Å². The molecular weight excluding hydrogens is 245 g/mol. The fourth-order valence-corrected chi connectivity index (χ4v) is 2.48. The van der Waals surface area contributed by atoms with Gasteiger partial charge in [0.2, 0.25) is 0 Å². The zero-order valence-corrected chi connectivity index (χ0v) is 9.87. The van der Waals surface area contributed by atoms with Crippen LogP contribution in [0.1, 0.15) is 31.2 Å². The summed E-state index contributed by atoms with van der Waals surface area (Å²) in [7, 11) is 0. The van der Waals surface area contributed by atoms with E-state index in [1.54, 1.807) is 6.07 Å². The van der Waals surface area contributed by atoms with Crippen LogP contribution in [-0.2, 0) is 11.2 Å². The van der Waals surface area contributed by atoms with Gasteiger partial charge in [-0.3, -0.25) is 4.79 Å². The molecule has 1 heterocycles. The Morgan fingerprint density at radius 3 is 2.44 bits per heavy atom. The van der Waals surface area contributed by atoms with Gasteiger partial charge in [-0.2, -0.15) is 13.2 Å². The fourth-order valence-electron chi connectivity index (χ4n) is 2.48. The molecule has 0 saturated heterocycles. The van der Waals surface area contributed by atoms with Gasteiger partial charge < -0.3 is 4.42 Å². The molecule has 1 aliphatic carbocycles. The normalized spacial score (nSPS) is 25.1. The van der Waals surface area contributed by atoms with Crippen LogP contribution in [0.15, 0.2) is 23.0 Å². The number of carbonyl (C=O) groups excluding carboxylic acids is 1. The molecule has 0 unspecified atom stereocenters. The number of Topliss-reactive ketones (excluding diaryl/α,β-unsaturated/α-hetero) is 1. The van der Waals surface area contributed by atoms with Gasteiger partial charge in [-0.05, 0) is 37.3 Å². The molecule has 2 rings (SSSR count). The van der Waals surface area contributed by atoms with Crippen molar-refractivity contribution in [3.05, 3.63) is 24.2 Å². The molecule has 0 amide bonds. The maximum absolute atomic E-state index is 12.5. The molecule has 0 atom stereocenters. The van der Waals surface area contributed by atoms with Gasteiger partial charge in [-0.25, -0.2) is 0 Å². The number of halogens is 3. The maximum atomic E-state index is 12.5. The van der Waals surface area contributed by atoms with Gasteiger partial charge in [-0.15, -0.1) is 0 Å². The minimum atomic E-state index is -4.11. The number of alkyl halides is 3. The summed E-state index contributed by atoms with van der Waals surface area (Å²) >= 11 is 0. The molecule has 1 fully saturated rings. The highest BCUT2D eigenvalue weighted by molar-refractivity contribution is 5.83. The van der Waals surface area contributed by atoms with E-state index < -0.39 is 12.1 Å². The lowest BCUT2D eigenvalue weighted by Crippen LogP contribution is -2.30. The van der Waals surface area contributed by atoms with Crippen molar-refractivity contribution in [2.24, 2.45) is 11.8 Å². The molecule has 1 aliphatic rings. The first-order valence-corrected chi connectivity index (χ1v) is 6.07. The molecule has 0 spiro atoms. The van der Waals surface area contributed by atoms with Crippen LogP contribution >= 0.6 is 0 Å². The molecule has 0 N–H and O–H groups in total. The van der Waals surface area contributed by atoms with Crippen LogP contribution in [0.5, 0.6) is 0 Å². The summed E-state index contributed by atoms with van der Waals surface area (Å²) in [6.45, 7) is 0. The van der Waals surface area contributed by atoms with Crippen molar-refractivity contribution >= 4 is 5.78 Å². The first-order valence-electron chi connectivity index (χ1n) is 6.07. The van der Waals surface area contributed by atoms with Crippen molar-refractivity contribution in [1.82, 2.24) is 0 Å². The number of hydrogen-bond donors (Lipinski definition) is 0. The Balaban J connectivity index is 1.84. The van der Waals surface area contributed by atoms with E-state index in [0.717, 1.165) is 5.56 Å². The zero-order valence-electron chi connectivity index (χ0n) is 9.87. The van der Waals surface area contributed by atoms with Crippen molar-refractivity contribution in [3.63, 3.8) is 0 Å². The second-order valence-corrected chi connectivity index (χ2v) is 4.86. The average Bonchev–Trinajstić information content (AvgIpc) is 2.81. The SMILES string of the molecule is O=C(Cc1ccoc1)C1CCC(C(F)(F)F)CC1. The van der Waals surface area contributed by atoms with E-state index >= 15 is 0 Å². The van der Waals surface area contributed by atoms with Crippen LogP contribution in [0.2, 0.25) is 0 Å². The number of furan rings is 1. The van der Waals surface area contributed by atoms with Crippen molar-refractivity contribution < 1.29 is 22.4 Å². The maximum Gasteiger partial charge on any atom is 0.391 e. The molecular formula is C13H15F3O2. The predicted octanol–water partition coefficient (Wildman–Crippen LogP) is 3.76. The second-order valence-electron chi connectivity index (χ2n) is 4.86. The molecule has 0 radical (unpaired) electrons. The lowest BCUT2D eigenvalue weighted by molar-refractivity contribution is -0.184. The quantitative estimate of drug-likeness (QED) is 0.828. The van der Waals surface area contributed by atoms with Gasteiger partial charge in [0.1, 0.15) is 5.78 Å². The standard InChI is InChI=1S/C13H15F3O2/c14-13(15,16)11-3-1-10(2-4-11)12(17)7-9-5-6-18-8-9/h5-6,8,10-11H,1-4,7H2. The third kappa shape index (κ3) is 3.15. The minimum absolute atomic E-state index is 0.0250. The smallest absolute Gasteiger partial charge is 0.391 e. The summed E-state index contributed by atoms with van der Waals surface area (Å²) < 4.78 is 42.3. The number of hydrogen-bond acceptors (Lipinski definition) is 2. The van der Waals surface area contributed by atoms with Crippen molar-refractivity contribution in [2.45, 2.75) is 38.3 Å². The highest BCUT2D eigenvalue weighted by atomic mass is 19.4. The lowest BCUT2D eigenvalue weighted by Gasteiger charge is -2.28. The van der Waals surface area contributed by atoms with Gasteiger partial charge in [0.05, 0.1) is 18.4 Å². The third-order valence-electron chi connectivity index (χ3n) is 3.60. The highest BCUT2D eigenvalue weighted by Crippen LogP contribution is 2.39. The first-order chi connectivity index (χ1) is 8.47.